The van der Waals surface area contributed by atoms with Gasteiger partial charge in [0, 0.05) is 6.54 Å². The van der Waals surface area contributed by atoms with E-state index in [1.54, 1.807) is 17.0 Å². The number of rotatable bonds is 4. The number of aromatic nitrogens is 1. The molecule has 126 valence electrons. The molecule has 2 amide bonds. The highest BCUT2D eigenvalue weighted by Gasteiger charge is 2.35. The van der Waals surface area contributed by atoms with E-state index in [-0.39, 0.29) is 18.1 Å². The summed E-state index contributed by atoms with van der Waals surface area (Å²) in [6.07, 6.45) is 1.10. The zero-order valence-electron chi connectivity index (χ0n) is 14.0. The number of hydrogen-bond acceptors (Lipinski definition) is 5. The summed E-state index contributed by atoms with van der Waals surface area (Å²) < 4.78 is 11.0. The quantitative estimate of drug-likeness (QED) is 0.915. The molecule has 2 rings (SSSR count). The third kappa shape index (κ3) is 4.84. The van der Waals surface area contributed by atoms with Crippen LogP contribution in [0, 0.1) is 0 Å². The normalized spacial score (nSPS) is 14.9. The Morgan fingerprint density at radius 3 is 2.57 bits per heavy atom. The Morgan fingerprint density at radius 1 is 1.35 bits per heavy atom. The molecule has 1 saturated heterocycles. The van der Waals surface area contributed by atoms with Crippen LogP contribution in [0.2, 0.25) is 0 Å². The minimum Gasteiger partial charge on any atom is -0.485 e. The van der Waals surface area contributed by atoms with Crippen LogP contribution in [0.25, 0.3) is 0 Å². The molecule has 0 spiro atoms. The molecule has 1 aliphatic rings. The van der Waals surface area contributed by atoms with Crippen LogP contribution in [0.5, 0.6) is 5.75 Å². The van der Waals surface area contributed by atoms with Gasteiger partial charge in [-0.1, -0.05) is 0 Å². The summed E-state index contributed by atoms with van der Waals surface area (Å²) in [5, 5.41) is 2.68. The van der Waals surface area contributed by atoms with Crippen LogP contribution in [0.1, 0.15) is 38.2 Å². The minimum atomic E-state index is -0.498. The lowest BCUT2D eigenvalue weighted by molar-refractivity contribution is -0.0222. The van der Waals surface area contributed by atoms with E-state index >= 15 is 0 Å². The number of amides is 2. The third-order valence-electron chi connectivity index (χ3n) is 3.11. The van der Waals surface area contributed by atoms with Gasteiger partial charge in [-0.25, -0.2) is 9.78 Å². The molecule has 0 aliphatic carbocycles. The van der Waals surface area contributed by atoms with Gasteiger partial charge in [-0.3, -0.25) is 4.79 Å². The lowest BCUT2D eigenvalue weighted by atomic mass is 10.1. The number of carbonyl (C=O) groups is 2. The highest BCUT2D eigenvalue weighted by Crippen LogP contribution is 2.20. The SMILES string of the molecule is CCNC(=O)c1ccc(OC2CN(C(=O)OC(C)(C)C)C2)cn1. The predicted molar refractivity (Wildman–Crippen MR) is 84.5 cm³/mol. The second kappa shape index (κ2) is 6.85. The van der Waals surface area contributed by atoms with Gasteiger partial charge in [0.25, 0.3) is 5.91 Å². The first-order chi connectivity index (χ1) is 10.8. The second-order valence-corrected chi connectivity index (χ2v) is 6.36. The van der Waals surface area contributed by atoms with Crippen molar-refractivity contribution in [3.8, 4) is 5.75 Å². The van der Waals surface area contributed by atoms with Crippen molar-refractivity contribution < 1.29 is 19.1 Å². The molecule has 1 aromatic heterocycles. The van der Waals surface area contributed by atoms with E-state index < -0.39 is 5.60 Å². The minimum absolute atomic E-state index is 0.0837. The Morgan fingerprint density at radius 2 is 2.04 bits per heavy atom. The number of carbonyl (C=O) groups excluding carboxylic acids is 2. The highest BCUT2D eigenvalue weighted by atomic mass is 16.6. The van der Waals surface area contributed by atoms with Crippen molar-refractivity contribution in [2.45, 2.75) is 39.4 Å². The summed E-state index contributed by atoms with van der Waals surface area (Å²) in [7, 11) is 0. The monoisotopic (exact) mass is 321 g/mol. The summed E-state index contributed by atoms with van der Waals surface area (Å²) in [4.78, 5) is 29.1. The molecule has 0 atom stereocenters. The van der Waals surface area contributed by atoms with Gasteiger partial charge in [-0.05, 0) is 39.8 Å². The van der Waals surface area contributed by atoms with Crippen molar-refractivity contribution in [2.75, 3.05) is 19.6 Å². The Hall–Kier alpha value is -2.31. The fourth-order valence-electron chi connectivity index (χ4n) is 2.02. The number of pyridine rings is 1. The molecule has 23 heavy (non-hydrogen) atoms. The van der Waals surface area contributed by atoms with Crippen molar-refractivity contribution in [3.63, 3.8) is 0 Å². The maximum absolute atomic E-state index is 11.8. The first kappa shape index (κ1) is 17.1. The molecule has 1 N–H and O–H groups in total. The van der Waals surface area contributed by atoms with E-state index in [9.17, 15) is 9.59 Å². The summed E-state index contributed by atoms with van der Waals surface area (Å²) in [5.41, 5.74) is -0.148. The van der Waals surface area contributed by atoms with E-state index in [0.29, 0.717) is 31.1 Å². The summed E-state index contributed by atoms with van der Waals surface area (Å²) >= 11 is 0. The maximum Gasteiger partial charge on any atom is 0.410 e. The standard InChI is InChI=1S/C16H23N3O4/c1-5-17-14(20)13-7-6-11(8-18-13)22-12-9-19(10-12)15(21)23-16(2,3)4/h6-8,12H,5,9-10H2,1-4H3,(H,17,20). The largest absolute Gasteiger partial charge is 0.485 e. The molecule has 0 aromatic carbocycles. The molecule has 1 aromatic rings. The number of nitrogens with zero attached hydrogens (tertiary/aromatic N) is 2. The first-order valence-corrected chi connectivity index (χ1v) is 7.67. The molecular weight excluding hydrogens is 298 g/mol. The lowest BCUT2D eigenvalue weighted by Gasteiger charge is -2.39. The molecule has 0 radical (unpaired) electrons. The molecule has 1 aliphatic heterocycles. The fourth-order valence-corrected chi connectivity index (χ4v) is 2.02. The number of nitrogens with one attached hydrogen (secondary N) is 1. The molecule has 2 heterocycles. The van der Waals surface area contributed by atoms with Crippen molar-refractivity contribution in [1.82, 2.24) is 15.2 Å². The predicted octanol–water partition coefficient (Wildman–Crippen LogP) is 1.83. The van der Waals surface area contributed by atoms with Gasteiger partial charge >= 0.3 is 6.09 Å². The van der Waals surface area contributed by atoms with Gasteiger partial charge in [0.05, 0.1) is 19.3 Å². The average molecular weight is 321 g/mol. The molecule has 7 heteroatoms. The van der Waals surface area contributed by atoms with E-state index in [2.05, 4.69) is 10.3 Å². The topological polar surface area (TPSA) is 80.8 Å². The summed E-state index contributed by atoms with van der Waals surface area (Å²) in [5.74, 6) is 0.366. The molecule has 0 unspecified atom stereocenters. The van der Waals surface area contributed by atoms with Gasteiger partial charge < -0.3 is 19.7 Å². The Labute approximate surface area is 136 Å². The average Bonchev–Trinajstić information content (AvgIpc) is 2.41. The number of ether oxygens (including phenoxy) is 2. The molecule has 7 nitrogen and oxygen atoms in total. The van der Waals surface area contributed by atoms with Gasteiger partial charge in [0.2, 0.25) is 0 Å². The Kier molecular flexibility index (Phi) is 5.08. The first-order valence-electron chi connectivity index (χ1n) is 7.67. The van der Waals surface area contributed by atoms with Crippen LogP contribution in [0.4, 0.5) is 4.79 Å². The van der Waals surface area contributed by atoms with Crippen molar-refractivity contribution in [3.05, 3.63) is 24.0 Å². The maximum atomic E-state index is 11.8. The molecular formula is C16H23N3O4. The van der Waals surface area contributed by atoms with E-state index in [1.165, 1.54) is 6.20 Å². The van der Waals surface area contributed by atoms with Gasteiger partial charge in [0.15, 0.2) is 0 Å². The van der Waals surface area contributed by atoms with E-state index in [1.807, 2.05) is 27.7 Å². The van der Waals surface area contributed by atoms with Crippen LogP contribution in [0.15, 0.2) is 18.3 Å². The van der Waals surface area contributed by atoms with Crippen molar-refractivity contribution in [2.24, 2.45) is 0 Å². The Balaban J connectivity index is 1.79. The Bertz CT molecular complexity index is 560. The summed E-state index contributed by atoms with van der Waals surface area (Å²) in [6, 6.07) is 3.32. The smallest absolute Gasteiger partial charge is 0.410 e. The number of likely N-dealkylation sites (tertiary alicyclic amines) is 1. The van der Waals surface area contributed by atoms with Gasteiger partial charge in [-0.2, -0.15) is 0 Å². The number of hydrogen-bond donors (Lipinski definition) is 1. The molecule has 1 fully saturated rings. The fraction of sp³-hybridized carbons (Fsp3) is 0.562. The lowest BCUT2D eigenvalue weighted by Crippen LogP contribution is -2.57. The van der Waals surface area contributed by atoms with Crippen molar-refractivity contribution >= 4 is 12.0 Å². The third-order valence-corrected chi connectivity index (χ3v) is 3.11. The van der Waals surface area contributed by atoms with Crippen LogP contribution < -0.4 is 10.1 Å². The van der Waals surface area contributed by atoms with E-state index in [0.717, 1.165) is 0 Å². The molecule has 0 saturated carbocycles. The zero-order chi connectivity index (χ0) is 17.0. The van der Waals surface area contributed by atoms with Gasteiger partial charge in [0.1, 0.15) is 23.1 Å². The van der Waals surface area contributed by atoms with Crippen LogP contribution >= 0.6 is 0 Å². The second-order valence-electron chi connectivity index (χ2n) is 6.36. The van der Waals surface area contributed by atoms with Crippen LogP contribution in [-0.4, -0.2) is 53.2 Å². The van der Waals surface area contributed by atoms with E-state index in [4.69, 9.17) is 9.47 Å². The van der Waals surface area contributed by atoms with Crippen LogP contribution in [-0.2, 0) is 4.74 Å². The zero-order valence-corrected chi connectivity index (χ0v) is 14.0. The van der Waals surface area contributed by atoms with Crippen LogP contribution in [0.3, 0.4) is 0 Å². The van der Waals surface area contributed by atoms with Gasteiger partial charge in [-0.15, -0.1) is 0 Å². The summed E-state index contributed by atoms with van der Waals surface area (Å²) in [6.45, 7) is 8.87. The molecule has 0 bridgehead atoms. The van der Waals surface area contributed by atoms with Crippen molar-refractivity contribution in [1.29, 1.82) is 0 Å². The highest BCUT2D eigenvalue weighted by molar-refractivity contribution is 5.92.